The second kappa shape index (κ2) is 3.48. The minimum Gasteiger partial charge on any atom is -0.358 e. The average molecular weight is 225 g/mol. The predicted octanol–water partition coefficient (Wildman–Crippen LogP) is 3.19. The van der Waals surface area contributed by atoms with Crippen molar-refractivity contribution in [1.82, 2.24) is 14.8 Å². The lowest BCUT2D eigenvalue weighted by Crippen LogP contribution is -1.84. The van der Waals surface area contributed by atoms with Gasteiger partial charge in [-0.15, -0.1) is 0 Å². The molecule has 0 atom stereocenters. The number of benzene rings is 1. The number of fused-ring (bicyclic) bond motifs is 1. The van der Waals surface area contributed by atoms with E-state index in [4.69, 9.17) is 0 Å². The number of rotatable bonds is 1. The molecule has 0 unspecified atom stereocenters. The molecule has 3 aromatic rings. The van der Waals surface area contributed by atoms with Crippen LogP contribution in [0.25, 0.3) is 22.0 Å². The Bertz CT molecular complexity index is 689. The van der Waals surface area contributed by atoms with Crippen molar-refractivity contribution in [1.29, 1.82) is 0 Å². The molecule has 0 bridgehead atoms. The van der Waals surface area contributed by atoms with Gasteiger partial charge in [-0.25, -0.2) is 0 Å². The standard InChI is InChI=1S/C14H15N3/c1-9-10(2)16-14-6-11(4-5-13(9)14)12-7-15-17(3)8-12/h4-8,16H,1-3H3. The van der Waals surface area contributed by atoms with E-state index in [2.05, 4.69) is 42.1 Å². The molecule has 1 aromatic carbocycles. The predicted molar refractivity (Wildman–Crippen MR) is 70.0 cm³/mol. The monoisotopic (exact) mass is 225 g/mol. The largest absolute Gasteiger partial charge is 0.358 e. The van der Waals surface area contributed by atoms with Gasteiger partial charge in [-0.2, -0.15) is 5.10 Å². The van der Waals surface area contributed by atoms with Gasteiger partial charge in [0, 0.05) is 35.4 Å². The normalized spacial score (nSPS) is 11.2. The molecule has 1 N–H and O–H groups in total. The fourth-order valence-corrected chi connectivity index (χ4v) is 2.22. The highest BCUT2D eigenvalue weighted by Crippen LogP contribution is 2.26. The van der Waals surface area contributed by atoms with Gasteiger partial charge in [0.15, 0.2) is 0 Å². The van der Waals surface area contributed by atoms with Gasteiger partial charge in [-0.3, -0.25) is 4.68 Å². The van der Waals surface area contributed by atoms with E-state index in [9.17, 15) is 0 Å². The van der Waals surface area contributed by atoms with E-state index in [1.165, 1.54) is 27.7 Å². The van der Waals surface area contributed by atoms with Crippen molar-refractivity contribution < 1.29 is 0 Å². The van der Waals surface area contributed by atoms with Gasteiger partial charge >= 0.3 is 0 Å². The summed E-state index contributed by atoms with van der Waals surface area (Å²) in [7, 11) is 1.94. The third-order valence-electron chi connectivity index (χ3n) is 3.35. The summed E-state index contributed by atoms with van der Waals surface area (Å²) in [5.41, 5.74) is 6.12. The smallest absolute Gasteiger partial charge is 0.0568 e. The molecule has 2 aromatic heterocycles. The zero-order valence-corrected chi connectivity index (χ0v) is 10.3. The van der Waals surface area contributed by atoms with E-state index in [1.54, 1.807) is 0 Å². The molecular weight excluding hydrogens is 210 g/mol. The average Bonchev–Trinajstić information content (AvgIpc) is 2.85. The molecule has 2 heterocycles. The maximum atomic E-state index is 4.20. The molecular formula is C14H15N3. The molecule has 3 rings (SSSR count). The highest BCUT2D eigenvalue weighted by Gasteiger charge is 2.06. The number of hydrogen-bond donors (Lipinski definition) is 1. The molecule has 0 radical (unpaired) electrons. The Morgan fingerprint density at radius 2 is 2.00 bits per heavy atom. The molecule has 0 aliphatic heterocycles. The summed E-state index contributed by atoms with van der Waals surface area (Å²) in [5.74, 6) is 0. The second-order valence-electron chi connectivity index (χ2n) is 4.54. The second-order valence-corrected chi connectivity index (χ2v) is 4.54. The van der Waals surface area contributed by atoms with Crippen LogP contribution >= 0.6 is 0 Å². The minimum absolute atomic E-state index is 1.15. The quantitative estimate of drug-likeness (QED) is 0.678. The number of nitrogens with zero attached hydrogens (tertiary/aromatic N) is 2. The topological polar surface area (TPSA) is 33.6 Å². The summed E-state index contributed by atoms with van der Waals surface area (Å²) < 4.78 is 1.82. The Labute approximate surface area is 100 Å². The van der Waals surface area contributed by atoms with Crippen LogP contribution in [0.15, 0.2) is 30.6 Å². The van der Waals surface area contributed by atoms with Gasteiger partial charge in [0.05, 0.1) is 6.20 Å². The fraction of sp³-hybridized carbons (Fsp3) is 0.214. The molecule has 86 valence electrons. The van der Waals surface area contributed by atoms with Gasteiger partial charge in [0.2, 0.25) is 0 Å². The van der Waals surface area contributed by atoms with Crippen LogP contribution in [0.3, 0.4) is 0 Å². The van der Waals surface area contributed by atoms with Crippen molar-refractivity contribution in [2.24, 2.45) is 7.05 Å². The number of hydrogen-bond acceptors (Lipinski definition) is 1. The molecule has 0 spiro atoms. The van der Waals surface area contributed by atoms with Crippen LogP contribution in [-0.2, 0) is 7.05 Å². The van der Waals surface area contributed by atoms with Gasteiger partial charge in [0.25, 0.3) is 0 Å². The first-order valence-electron chi connectivity index (χ1n) is 5.73. The summed E-state index contributed by atoms with van der Waals surface area (Å²) in [6, 6.07) is 6.52. The van der Waals surface area contributed by atoms with Gasteiger partial charge in [-0.05, 0) is 31.0 Å². The van der Waals surface area contributed by atoms with Crippen molar-refractivity contribution in [3.8, 4) is 11.1 Å². The number of H-pyrrole nitrogens is 1. The lowest BCUT2D eigenvalue weighted by Gasteiger charge is -1.98. The first-order chi connectivity index (χ1) is 8.15. The highest BCUT2D eigenvalue weighted by molar-refractivity contribution is 5.88. The molecule has 0 saturated heterocycles. The summed E-state index contributed by atoms with van der Waals surface area (Å²) in [5, 5.41) is 5.50. The van der Waals surface area contributed by atoms with Crippen LogP contribution in [0.2, 0.25) is 0 Å². The third kappa shape index (κ3) is 1.55. The molecule has 0 amide bonds. The van der Waals surface area contributed by atoms with Crippen LogP contribution in [0, 0.1) is 13.8 Å². The van der Waals surface area contributed by atoms with Crippen molar-refractivity contribution in [3.63, 3.8) is 0 Å². The molecule has 17 heavy (non-hydrogen) atoms. The van der Waals surface area contributed by atoms with Crippen LogP contribution in [0.1, 0.15) is 11.3 Å². The van der Waals surface area contributed by atoms with Crippen LogP contribution < -0.4 is 0 Å². The maximum absolute atomic E-state index is 4.20. The van der Waals surface area contributed by atoms with Gasteiger partial charge in [-0.1, -0.05) is 12.1 Å². The van der Waals surface area contributed by atoms with Crippen LogP contribution in [0.4, 0.5) is 0 Å². The van der Waals surface area contributed by atoms with E-state index in [0.717, 1.165) is 5.56 Å². The Balaban J connectivity index is 2.20. The van der Waals surface area contributed by atoms with E-state index in [-0.39, 0.29) is 0 Å². The fourth-order valence-electron chi connectivity index (χ4n) is 2.22. The van der Waals surface area contributed by atoms with Crippen molar-refractivity contribution in [3.05, 3.63) is 41.9 Å². The minimum atomic E-state index is 1.15. The third-order valence-corrected chi connectivity index (χ3v) is 3.35. The van der Waals surface area contributed by atoms with Crippen molar-refractivity contribution >= 4 is 10.9 Å². The molecule has 0 fully saturated rings. The molecule has 3 heteroatoms. The lowest BCUT2D eigenvalue weighted by atomic mass is 10.1. The zero-order valence-electron chi connectivity index (χ0n) is 10.3. The Morgan fingerprint density at radius 3 is 2.71 bits per heavy atom. The molecule has 0 saturated carbocycles. The summed E-state index contributed by atoms with van der Waals surface area (Å²) >= 11 is 0. The summed E-state index contributed by atoms with van der Waals surface area (Å²) in [6.45, 7) is 4.26. The lowest BCUT2D eigenvalue weighted by molar-refractivity contribution is 0.768. The molecule has 0 aliphatic rings. The van der Waals surface area contributed by atoms with Crippen molar-refractivity contribution in [2.45, 2.75) is 13.8 Å². The van der Waals surface area contributed by atoms with E-state index in [0.29, 0.717) is 0 Å². The summed E-state index contributed by atoms with van der Waals surface area (Å²) in [6.07, 6.45) is 3.92. The Kier molecular flexibility index (Phi) is 2.08. The Morgan fingerprint density at radius 1 is 1.18 bits per heavy atom. The van der Waals surface area contributed by atoms with Crippen LogP contribution in [-0.4, -0.2) is 14.8 Å². The number of aromatic amines is 1. The van der Waals surface area contributed by atoms with Gasteiger partial charge in [0.1, 0.15) is 0 Å². The molecule has 0 aliphatic carbocycles. The SMILES string of the molecule is Cc1[nH]c2cc(-c3cnn(C)c3)ccc2c1C. The number of nitrogens with one attached hydrogen (secondary N) is 1. The highest BCUT2D eigenvalue weighted by atomic mass is 15.2. The van der Waals surface area contributed by atoms with Crippen LogP contribution in [0.5, 0.6) is 0 Å². The maximum Gasteiger partial charge on any atom is 0.0568 e. The number of aromatic nitrogens is 3. The van der Waals surface area contributed by atoms with Gasteiger partial charge < -0.3 is 4.98 Å². The van der Waals surface area contributed by atoms with E-state index in [1.807, 2.05) is 24.1 Å². The Hall–Kier alpha value is -2.03. The van der Waals surface area contributed by atoms with E-state index < -0.39 is 0 Å². The zero-order chi connectivity index (χ0) is 12.0. The first kappa shape index (κ1) is 10.1. The number of aryl methyl sites for hydroxylation is 3. The van der Waals surface area contributed by atoms with E-state index >= 15 is 0 Å². The van der Waals surface area contributed by atoms with Crippen molar-refractivity contribution in [2.75, 3.05) is 0 Å². The first-order valence-corrected chi connectivity index (χ1v) is 5.73. The summed E-state index contributed by atoms with van der Waals surface area (Å²) in [4.78, 5) is 3.42. The molecule has 3 nitrogen and oxygen atoms in total.